The van der Waals surface area contributed by atoms with Crippen LogP contribution in [0.25, 0.3) is 0 Å². The van der Waals surface area contributed by atoms with E-state index in [-0.39, 0.29) is 0 Å². The van der Waals surface area contributed by atoms with Crippen LogP contribution < -0.4 is 0 Å². The van der Waals surface area contributed by atoms with Crippen LogP contribution in [0, 0.1) is 6.92 Å². The Morgan fingerprint density at radius 2 is 2.17 bits per heavy atom. The van der Waals surface area contributed by atoms with E-state index < -0.39 is 0 Å². The summed E-state index contributed by atoms with van der Waals surface area (Å²) >= 11 is 0. The second kappa shape index (κ2) is 2.64. The van der Waals surface area contributed by atoms with Gasteiger partial charge in [0.25, 0.3) is 0 Å². The van der Waals surface area contributed by atoms with Crippen LogP contribution in [0.4, 0.5) is 0 Å². The quantitative estimate of drug-likeness (QED) is 0.442. The van der Waals surface area contributed by atoms with Crippen LogP contribution in [0.15, 0.2) is 17.1 Å². The lowest BCUT2D eigenvalue weighted by molar-refractivity contribution is 1.21. The Morgan fingerprint density at radius 3 is 2.17 bits per heavy atom. The highest BCUT2D eigenvalue weighted by atomic mass is 14.7. The SMILES string of the molecule is [CH2]C(=C)CN=C. The second-order valence-corrected chi connectivity index (χ2v) is 1.13. The molecule has 0 unspecified atom stereocenters. The van der Waals surface area contributed by atoms with E-state index in [2.05, 4.69) is 25.2 Å². The third kappa shape index (κ3) is 3.41. The number of rotatable bonds is 2. The van der Waals surface area contributed by atoms with E-state index in [4.69, 9.17) is 0 Å². The molecule has 1 radical (unpaired) electrons. The molecule has 0 bridgehead atoms. The Bertz CT molecular complexity index is 64.3. The van der Waals surface area contributed by atoms with Gasteiger partial charge in [-0.15, -0.1) is 0 Å². The van der Waals surface area contributed by atoms with Gasteiger partial charge in [-0.3, -0.25) is 4.99 Å². The maximum Gasteiger partial charge on any atom is 0.0589 e. The lowest BCUT2D eigenvalue weighted by Gasteiger charge is -1.82. The highest BCUT2D eigenvalue weighted by Gasteiger charge is 1.72. The van der Waals surface area contributed by atoms with Crippen molar-refractivity contribution >= 4 is 6.72 Å². The Kier molecular flexibility index (Phi) is 2.38. The van der Waals surface area contributed by atoms with Crippen molar-refractivity contribution in [2.75, 3.05) is 6.54 Å². The molecule has 0 aliphatic carbocycles. The van der Waals surface area contributed by atoms with Gasteiger partial charge in [0.1, 0.15) is 0 Å². The van der Waals surface area contributed by atoms with Gasteiger partial charge < -0.3 is 0 Å². The summed E-state index contributed by atoms with van der Waals surface area (Å²) in [7, 11) is 0. The Labute approximate surface area is 38.4 Å². The first-order valence-electron chi connectivity index (χ1n) is 1.69. The molecule has 0 amide bonds. The second-order valence-electron chi connectivity index (χ2n) is 1.13. The Balaban J connectivity index is 3.05. The number of hydrogen-bond donors (Lipinski definition) is 0. The summed E-state index contributed by atoms with van der Waals surface area (Å²) in [6.45, 7) is 10.8. The normalized spacial score (nSPS) is 7.50. The molecule has 0 aromatic rings. The van der Waals surface area contributed by atoms with Gasteiger partial charge in [-0.2, -0.15) is 0 Å². The maximum atomic E-state index is 3.52. The van der Waals surface area contributed by atoms with Crippen LogP contribution >= 0.6 is 0 Å². The fourth-order valence-electron chi connectivity index (χ4n) is 0.158. The van der Waals surface area contributed by atoms with Crippen molar-refractivity contribution in [3.05, 3.63) is 19.1 Å². The van der Waals surface area contributed by atoms with Gasteiger partial charge in [-0.25, -0.2) is 0 Å². The van der Waals surface area contributed by atoms with Crippen molar-refractivity contribution < 1.29 is 0 Å². The molecule has 0 rings (SSSR count). The highest BCUT2D eigenvalue weighted by molar-refractivity contribution is 5.24. The summed E-state index contributed by atoms with van der Waals surface area (Å²) in [5.41, 5.74) is 0.810. The molecule has 33 valence electrons. The predicted molar refractivity (Wildman–Crippen MR) is 28.9 cm³/mol. The first-order valence-corrected chi connectivity index (χ1v) is 1.69. The predicted octanol–water partition coefficient (Wildman–Crippen LogP) is 1.08. The van der Waals surface area contributed by atoms with E-state index in [9.17, 15) is 0 Å². The molecule has 0 aliphatic heterocycles. The minimum absolute atomic E-state index is 0.583. The summed E-state index contributed by atoms with van der Waals surface area (Å²) < 4.78 is 0. The number of aliphatic imine (C=N–C) groups is 1. The van der Waals surface area contributed by atoms with Gasteiger partial charge in [0.2, 0.25) is 0 Å². The smallest absolute Gasteiger partial charge is 0.0589 e. The molecule has 0 aromatic heterocycles. The standard InChI is InChI=1S/C5H8N/c1-5(2)4-6-3/h1-4H2. The Hall–Kier alpha value is -0.590. The molecule has 6 heavy (non-hydrogen) atoms. The molecule has 0 saturated carbocycles. The van der Waals surface area contributed by atoms with Crippen LogP contribution in [0.2, 0.25) is 0 Å². The molecule has 0 saturated heterocycles. The van der Waals surface area contributed by atoms with Gasteiger partial charge in [0.05, 0.1) is 6.54 Å². The summed E-state index contributed by atoms with van der Waals surface area (Å²) in [5.74, 6) is 0. The molecular weight excluding hydrogens is 74.1 g/mol. The lowest BCUT2D eigenvalue weighted by Crippen LogP contribution is -1.75. The molecule has 0 N–H and O–H groups in total. The van der Waals surface area contributed by atoms with Gasteiger partial charge in [-0.05, 0) is 13.6 Å². The zero-order valence-electron chi connectivity index (χ0n) is 3.78. The third-order valence-electron chi connectivity index (χ3n) is 0.335. The monoisotopic (exact) mass is 82.1 g/mol. The number of nitrogens with zero attached hydrogens (tertiary/aromatic N) is 1. The van der Waals surface area contributed by atoms with Crippen molar-refractivity contribution in [2.24, 2.45) is 4.99 Å². The minimum atomic E-state index is 0.583. The van der Waals surface area contributed by atoms with Gasteiger partial charge in [0, 0.05) is 0 Å². The summed E-state index contributed by atoms with van der Waals surface area (Å²) in [4.78, 5) is 3.52. The zero-order valence-corrected chi connectivity index (χ0v) is 3.78. The molecular formula is C5H8N. The first-order chi connectivity index (χ1) is 2.77. The van der Waals surface area contributed by atoms with E-state index in [0.29, 0.717) is 6.54 Å². The fourth-order valence-corrected chi connectivity index (χ4v) is 0.158. The molecule has 0 spiro atoms. The molecule has 0 fully saturated rings. The summed E-state index contributed by atoms with van der Waals surface area (Å²) in [6.07, 6.45) is 0. The lowest BCUT2D eigenvalue weighted by atomic mass is 10.4. The molecule has 0 heterocycles. The van der Waals surface area contributed by atoms with Gasteiger partial charge >= 0.3 is 0 Å². The fraction of sp³-hybridized carbons (Fsp3) is 0.200. The largest absolute Gasteiger partial charge is 0.297 e. The van der Waals surface area contributed by atoms with Crippen LogP contribution in [-0.4, -0.2) is 13.3 Å². The van der Waals surface area contributed by atoms with E-state index >= 15 is 0 Å². The summed E-state index contributed by atoms with van der Waals surface area (Å²) in [6, 6.07) is 0. The van der Waals surface area contributed by atoms with Gasteiger partial charge in [-0.1, -0.05) is 12.2 Å². The minimum Gasteiger partial charge on any atom is -0.297 e. The van der Waals surface area contributed by atoms with E-state index in [0.717, 1.165) is 5.57 Å². The van der Waals surface area contributed by atoms with Crippen LogP contribution in [0.3, 0.4) is 0 Å². The highest BCUT2D eigenvalue weighted by Crippen LogP contribution is 1.81. The van der Waals surface area contributed by atoms with Crippen molar-refractivity contribution in [3.8, 4) is 0 Å². The molecule has 0 aromatic carbocycles. The van der Waals surface area contributed by atoms with Crippen LogP contribution in [0.5, 0.6) is 0 Å². The summed E-state index contributed by atoms with van der Waals surface area (Å²) in [5, 5.41) is 0. The third-order valence-corrected chi connectivity index (χ3v) is 0.335. The van der Waals surface area contributed by atoms with E-state index in [1.54, 1.807) is 0 Å². The van der Waals surface area contributed by atoms with Crippen LogP contribution in [0.1, 0.15) is 0 Å². The zero-order chi connectivity index (χ0) is 4.99. The topological polar surface area (TPSA) is 12.4 Å². The Morgan fingerprint density at radius 1 is 1.67 bits per heavy atom. The van der Waals surface area contributed by atoms with Crippen molar-refractivity contribution in [2.45, 2.75) is 0 Å². The molecule has 1 nitrogen and oxygen atoms in total. The number of hydrogen-bond acceptors (Lipinski definition) is 1. The maximum absolute atomic E-state index is 3.52. The van der Waals surface area contributed by atoms with Gasteiger partial charge in [0.15, 0.2) is 0 Å². The average Bonchev–Trinajstić information content (AvgIpc) is 1.35. The average molecular weight is 82.1 g/mol. The van der Waals surface area contributed by atoms with Crippen molar-refractivity contribution in [1.82, 2.24) is 0 Å². The molecule has 0 aliphatic rings. The molecule has 0 atom stereocenters. The van der Waals surface area contributed by atoms with Crippen LogP contribution in [-0.2, 0) is 0 Å². The van der Waals surface area contributed by atoms with Crippen molar-refractivity contribution in [3.63, 3.8) is 0 Å². The van der Waals surface area contributed by atoms with E-state index in [1.807, 2.05) is 0 Å². The van der Waals surface area contributed by atoms with E-state index in [1.165, 1.54) is 0 Å². The molecule has 1 heteroatoms. The first kappa shape index (κ1) is 5.41. The van der Waals surface area contributed by atoms with Crippen molar-refractivity contribution in [1.29, 1.82) is 0 Å².